The molecule has 0 spiro atoms. The molecule has 0 nitrogen and oxygen atoms in total. The average Bonchev–Trinajstić information content (AvgIpc) is 3.69. The molecule has 2 atom stereocenters. The van der Waals surface area contributed by atoms with Crippen molar-refractivity contribution in [2.24, 2.45) is 0 Å². The van der Waals surface area contributed by atoms with Gasteiger partial charge in [0.25, 0.3) is 0 Å². The van der Waals surface area contributed by atoms with Gasteiger partial charge in [0, 0.05) is 0 Å². The quantitative estimate of drug-likeness (QED) is 0.120. The molecular formula is C50H43Cl2SiZr. The van der Waals surface area contributed by atoms with Gasteiger partial charge in [-0.25, -0.2) is 0 Å². The van der Waals surface area contributed by atoms with E-state index in [0.717, 1.165) is 0 Å². The van der Waals surface area contributed by atoms with Gasteiger partial charge in [0.15, 0.2) is 0 Å². The van der Waals surface area contributed by atoms with E-state index < -0.39 is 26.8 Å². The van der Waals surface area contributed by atoms with E-state index in [1.165, 1.54) is 76.5 Å². The van der Waals surface area contributed by atoms with Gasteiger partial charge in [-0.1, -0.05) is 0 Å². The van der Waals surface area contributed by atoms with Crippen molar-refractivity contribution >= 4 is 86.0 Å². The number of rotatable bonds is 5. The summed E-state index contributed by atoms with van der Waals surface area (Å²) in [6.07, 6.45) is 5.16. The first-order valence-electron chi connectivity index (χ1n) is 18.8. The summed E-state index contributed by atoms with van der Waals surface area (Å²) in [7, 11) is 0. The van der Waals surface area contributed by atoms with Crippen LogP contribution in [0.15, 0.2) is 157 Å². The Kier molecular flexibility index (Phi) is 9.95. The van der Waals surface area contributed by atoms with Crippen LogP contribution in [-0.4, -0.2) is 5.92 Å². The fraction of sp³-hybridized carbons (Fsp3) is 0.120. The first-order chi connectivity index (χ1) is 25.5. The molecule has 0 aromatic heterocycles. The van der Waals surface area contributed by atoms with Crippen LogP contribution in [-0.2, 0) is 20.9 Å². The standard InChI is InChI=1S/2C24H17.C2H7Si.2ClH.Zr/c2*1-16-14-18-7-4-9-22(24(18)15-16)21-11-5-10-20-19-8-3-2-6-17(19)12-13-23(20)21;1-3-2;;;/h2*2-15H,1H3;3H,1-2H3;2*1H;. The molecule has 0 bridgehead atoms. The fourth-order valence-electron chi connectivity index (χ4n) is 9.84. The van der Waals surface area contributed by atoms with Crippen molar-refractivity contribution in [1.29, 1.82) is 0 Å². The molecule has 54 heavy (non-hydrogen) atoms. The van der Waals surface area contributed by atoms with E-state index in [0.29, 0.717) is 7.25 Å². The number of benzene rings is 8. The Hall–Kier alpha value is -4.04. The summed E-state index contributed by atoms with van der Waals surface area (Å²) >= 11 is -2.21. The average molecular weight is 834 g/mol. The SMILES string of the molecule is CC1=Cc2c(-c3cccc4c3ccc3ccccc34)cccc2[CH]1[Zr]([CH]1C(C)=Cc2c(-c3cccc4c3ccc3ccccc34)cccc21)[SiH](C)C.Cl.Cl. The molecule has 2 unspecified atom stereocenters. The monoisotopic (exact) mass is 831 g/mol. The minimum Gasteiger partial charge on any atom is -0.147 e. The van der Waals surface area contributed by atoms with E-state index in [9.17, 15) is 0 Å². The molecule has 0 N–H and O–H groups in total. The predicted molar refractivity (Wildman–Crippen MR) is 240 cm³/mol. The molecule has 0 heterocycles. The Balaban J connectivity index is 0.00000207. The summed E-state index contributed by atoms with van der Waals surface area (Å²) in [5.74, 6) is -0.987. The Morgan fingerprint density at radius 2 is 0.778 bits per heavy atom. The van der Waals surface area contributed by atoms with Crippen LogP contribution in [0.1, 0.15) is 43.4 Å². The number of hydrogen-bond acceptors (Lipinski definition) is 0. The molecule has 0 radical (unpaired) electrons. The zero-order chi connectivity index (χ0) is 35.1. The van der Waals surface area contributed by atoms with Crippen LogP contribution in [0, 0.1) is 0 Å². The summed E-state index contributed by atoms with van der Waals surface area (Å²) < 4.78 is 1.21. The Morgan fingerprint density at radius 3 is 1.22 bits per heavy atom. The van der Waals surface area contributed by atoms with E-state index in [1.54, 1.807) is 22.3 Å². The number of allylic oxidation sites excluding steroid dienone is 2. The van der Waals surface area contributed by atoms with Crippen LogP contribution in [0.2, 0.25) is 13.1 Å². The summed E-state index contributed by atoms with van der Waals surface area (Å²) in [6.45, 7) is 10.2. The van der Waals surface area contributed by atoms with Crippen LogP contribution in [0.3, 0.4) is 0 Å². The first-order valence-corrected chi connectivity index (χ1v) is 28.8. The summed E-state index contributed by atoms with van der Waals surface area (Å²) in [4.78, 5) is 0. The maximum Gasteiger partial charge on any atom is -0.147 e. The molecule has 0 saturated heterocycles. The summed E-state index contributed by atoms with van der Waals surface area (Å²) in [5.41, 5.74) is 14.8. The normalized spacial score (nSPS) is 15.9. The largest absolute Gasteiger partial charge is 0.147 e. The van der Waals surface area contributed by atoms with Crippen molar-refractivity contribution in [2.45, 2.75) is 34.2 Å². The molecule has 10 rings (SSSR count). The first kappa shape index (κ1) is 36.9. The topological polar surface area (TPSA) is 0 Å². The van der Waals surface area contributed by atoms with Crippen molar-refractivity contribution in [3.8, 4) is 22.3 Å². The second-order valence-electron chi connectivity index (χ2n) is 15.3. The van der Waals surface area contributed by atoms with Gasteiger partial charge in [-0.15, -0.1) is 24.8 Å². The van der Waals surface area contributed by atoms with Gasteiger partial charge in [0.05, 0.1) is 0 Å². The van der Waals surface area contributed by atoms with Crippen molar-refractivity contribution in [3.63, 3.8) is 0 Å². The van der Waals surface area contributed by atoms with Crippen molar-refractivity contribution in [3.05, 3.63) is 179 Å². The summed E-state index contributed by atoms with van der Waals surface area (Å²) in [5, 5.41) is 10.6. The van der Waals surface area contributed by atoms with Gasteiger partial charge in [0.1, 0.15) is 0 Å². The minimum absolute atomic E-state index is 0. The maximum absolute atomic E-state index is 2.67. The zero-order valence-corrected chi connectivity index (χ0v) is 36.3. The van der Waals surface area contributed by atoms with Gasteiger partial charge >= 0.3 is 318 Å². The third kappa shape index (κ3) is 5.72. The summed E-state index contributed by atoms with van der Waals surface area (Å²) in [6, 6.07) is 55.1. The Morgan fingerprint density at radius 1 is 0.389 bits per heavy atom. The molecule has 0 aliphatic heterocycles. The third-order valence-corrected chi connectivity index (χ3v) is 34.2. The van der Waals surface area contributed by atoms with Crippen molar-refractivity contribution in [2.75, 3.05) is 0 Å². The maximum atomic E-state index is 2.67. The Labute approximate surface area is 339 Å². The smallest absolute Gasteiger partial charge is 0.147 e. The number of fused-ring (bicyclic) bond motifs is 8. The molecular weight excluding hydrogens is 791 g/mol. The minimum atomic E-state index is -2.21. The van der Waals surface area contributed by atoms with Crippen LogP contribution >= 0.6 is 24.8 Å². The molecule has 8 aromatic carbocycles. The zero-order valence-electron chi connectivity index (χ0n) is 31.1. The molecule has 265 valence electrons. The Bertz CT molecular complexity index is 2640. The molecule has 0 fully saturated rings. The van der Waals surface area contributed by atoms with Crippen LogP contribution in [0.5, 0.6) is 0 Å². The third-order valence-electron chi connectivity index (χ3n) is 12.0. The molecule has 0 amide bonds. The molecule has 2 aliphatic carbocycles. The second-order valence-corrected chi connectivity index (χ2v) is 35.4. The van der Waals surface area contributed by atoms with E-state index in [-0.39, 0.29) is 24.8 Å². The van der Waals surface area contributed by atoms with Gasteiger partial charge < -0.3 is 0 Å². The van der Waals surface area contributed by atoms with Crippen LogP contribution < -0.4 is 0 Å². The number of halogens is 2. The molecule has 8 aromatic rings. The molecule has 4 heteroatoms. The predicted octanol–water partition coefficient (Wildman–Crippen LogP) is 14.7. The molecule has 2 aliphatic rings. The van der Waals surface area contributed by atoms with Crippen molar-refractivity contribution in [1.82, 2.24) is 0 Å². The van der Waals surface area contributed by atoms with E-state index in [2.05, 4.69) is 185 Å². The molecule has 0 saturated carbocycles. The van der Waals surface area contributed by atoms with Crippen LogP contribution in [0.25, 0.3) is 77.5 Å². The fourth-order valence-corrected chi connectivity index (χ4v) is 33.1. The second kappa shape index (κ2) is 14.6. The van der Waals surface area contributed by atoms with E-state index >= 15 is 0 Å². The van der Waals surface area contributed by atoms with Gasteiger partial charge in [-0.2, -0.15) is 0 Å². The van der Waals surface area contributed by atoms with Gasteiger partial charge in [-0.3, -0.25) is 0 Å². The van der Waals surface area contributed by atoms with Gasteiger partial charge in [-0.05, 0) is 0 Å². The van der Waals surface area contributed by atoms with E-state index in [4.69, 9.17) is 0 Å². The van der Waals surface area contributed by atoms with E-state index in [1.807, 2.05) is 0 Å². The van der Waals surface area contributed by atoms with Crippen LogP contribution in [0.4, 0.5) is 0 Å². The van der Waals surface area contributed by atoms with Crippen molar-refractivity contribution < 1.29 is 20.9 Å². The van der Waals surface area contributed by atoms with Gasteiger partial charge in [0.2, 0.25) is 0 Å². The number of hydrogen-bond donors (Lipinski definition) is 0.